The Bertz CT molecular complexity index is 688. The molecule has 1 aromatic rings. The predicted octanol–water partition coefficient (Wildman–Crippen LogP) is 2.81. The van der Waals surface area contributed by atoms with E-state index in [-0.39, 0.29) is 22.4 Å². The molecule has 0 unspecified atom stereocenters. The van der Waals surface area contributed by atoms with Crippen LogP contribution in [0.25, 0.3) is 0 Å². The Morgan fingerprint density at radius 1 is 1.28 bits per heavy atom. The Balaban J connectivity index is 1.92. The molecule has 0 saturated carbocycles. The van der Waals surface area contributed by atoms with Crippen LogP contribution in [0.3, 0.4) is 0 Å². The van der Waals surface area contributed by atoms with Gasteiger partial charge in [0, 0.05) is 19.6 Å². The summed E-state index contributed by atoms with van der Waals surface area (Å²) in [4.78, 5) is 11.9. The molecule has 2 rings (SSSR count). The number of amides is 1. The number of hydrogen-bond donors (Lipinski definition) is 1. The normalized spacial score (nSPS) is 15.3. The fourth-order valence-electron chi connectivity index (χ4n) is 2.63. The lowest BCUT2D eigenvalue weighted by Crippen LogP contribution is -2.29. The molecule has 1 heterocycles. The van der Waals surface area contributed by atoms with E-state index in [1.165, 1.54) is 22.5 Å². The van der Waals surface area contributed by atoms with Crippen LogP contribution in [0, 0.1) is 0 Å². The van der Waals surface area contributed by atoms with Crippen molar-refractivity contribution in [2.24, 2.45) is 0 Å². The molecule has 1 amide bonds. The standard InChI is InChI=1S/C17H25ClN2O4S/c1-2-3-4-9-19-17(21)13-24-16-8-7-14(12-15(16)18)25(22,23)20-10-5-6-11-20/h7-8,12H,2-6,9-11,13H2,1H3,(H,19,21). The number of nitrogens with zero attached hydrogens (tertiary/aromatic N) is 1. The number of ether oxygens (including phenoxy) is 1. The highest BCUT2D eigenvalue weighted by Crippen LogP contribution is 2.29. The van der Waals surface area contributed by atoms with Gasteiger partial charge in [-0.2, -0.15) is 4.31 Å². The highest BCUT2D eigenvalue weighted by atomic mass is 35.5. The summed E-state index contributed by atoms with van der Waals surface area (Å²) in [7, 11) is -3.51. The summed E-state index contributed by atoms with van der Waals surface area (Å²) < 4.78 is 31.9. The van der Waals surface area contributed by atoms with Crippen LogP contribution in [0.5, 0.6) is 5.75 Å². The molecule has 0 spiro atoms. The van der Waals surface area contributed by atoms with Crippen LogP contribution in [-0.4, -0.2) is 44.9 Å². The van der Waals surface area contributed by atoms with E-state index in [1.807, 2.05) is 0 Å². The second kappa shape index (κ2) is 9.40. The third kappa shape index (κ3) is 5.59. The number of nitrogens with one attached hydrogen (secondary N) is 1. The van der Waals surface area contributed by atoms with E-state index in [0.29, 0.717) is 25.4 Å². The average Bonchev–Trinajstić information content (AvgIpc) is 3.13. The number of halogens is 1. The van der Waals surface area contributed by atoms with Crippen LogP contribution in [-0.2, 0) is 14.8 Å². The van der Waals surface area contributed by atoms with Crippen molar-refractivity contribution < 1.29 is 17.9 Å². The molecule has 8 heteroatoms. The molecule has 1 aliphatic heterocycles. The molecule has 0 aliphatic carbocycles. The lowest BCUT2D eigenvalue weighted by molar-refractivity contribution is -0.123. The molecule has 1 N–H and O–H groups in total. The third-order valence-electron chi connectivity index (χ3n) is 4.07. The quantitative estimate of drug-likeness (QED) is 0.660. The Hall–Kier alpha value is -1.31. The lowest BCUT2D eigenvalue weighted by atomic mass is 10.2. The summed E-state index contributed by atoms with van der Waals surface area (Å²) in [5, 5.41) is 2.95. The highest BCUT2D eigenvalue weighted by molar-refractivity contribution is 7.89. The van der Waals surface area contributed by atoms with Gasteiger partial charge in [0.15, 0.2) is 6.61 Å². The van der Waals surface area contributed by atoms with Crippen LogP contribution in [0.15, 0.2) is 23.1 Å². The van der Waals surface area contributed by atoms with Gasteiger partial charge < -0.3 is 10.1 Å². The summed E-state index contributed by atoms with van der Waals surface area (Å²) in [6.45, 7) is 3.65. The van der Waals surface area contributed by atoms with Crippen LogP contribution >= 0.6 is 11.6 Å². The fourth-order valence-corrected chi connectivity index (χ4v) is 4.48. The number of carbonyl (C=O) groups excluding carboxylic acids is 1. The zero-order valence-electron chi connectivity index (χ0n) is 14.5. The van der Waals surface area contributed by atoms with Gasteiger partial charge in [0.1, 0.15) is 5.75 Å². The Kier molecular flexibility index (Phi) is 7.53. The second-order valence-corrected chi connectivity index (χ2v) is 8.39. The van der Waals surface area contributed by atoms with Gasteiger partial charge in [0.25, 0.3) is 5.91 Å². The van der Waals surface area contributed by atoms with Crippen molar-refractivity contribution in [3.8, 4) is 5.75 Å². The summed E-state index contributed by atoms with van der Waals surface area (Å²) in [6.07, 6.45) is 4.85. The summed E-state index contributed by atoms with van der Waals surface area (Å²) in [5.41, 5.74) is 0. The van der Waals surface area contributed by atoms with Crippen molar-refractivity contribution in [2.75, 3.05) is 26.2 Å². The van der Waals surface area contributed by atoms with Gasteiger partial charge in [-0.1, -0.05) is 31.4 Å². The first kappa shape index (κ1) is 20.0. The number of benzene rings is 1. The maximum atomic E-state index is 12.5. The number of hydrogen-bond acceptors (Lipinski definition) is 4. The minimum atomic E-state index is -3.51. The van der Waals surface area contributed by atoms with E-state index in [9.17, 15) is 13.2 Å². The zero-order valence-corrected chi connectivity index (χ0v) is 16.0. The van der Waals surface area contributed by atoms with Crippen molar-refractivity contribution in [2.45, 2.75) is 43.9 Å². The summed E-state index contributed by atoms with van der Waals surface area (Å²) in [5.74, 6) is 0.0756. The molecule has 0 bridgehead atoms. The molecule has 25 heavy (non-hydrogen) atoms. The van der Waals surface area contributed by atoms with Gasteiger partial charge in [-0.3, -0.25) is 4.79 Å². The maximum Gasteiger partial charge on any atom is 0.257 e. The van der Waals surface area contributed by atoms with Crippen LogP contribution < -0.4 is 10.1 Å². The van der Waals surface area contributed by atoms with Crippen molar-refractivity contribution >= 4 is 27.5 Å². The van der Waals surface area contributed by atoms with Crippen molar-refractivity contribution in [3.63, 3.8) is 0 Å². The first-order valence-electron chi connectivity index (χ1n) is 8.64. The topological polar surface area (TPSA) is 75.7 Å². The van der Waals surface area contributed by atoms with Crippen molar-refractivity contribution in [3.05, 3.63) is 23.2 Å². The van der Waals surface area contributed by atoms with Gasteiger partial charge in [-0.15, -0.1) is 0 Å². The van der Waals surface area contributed by atoms with E-state index in [1.54, 1.807) is 0 Å². The highest BCUT2D eigenvalue weighted by Gasteiger charge is 2.27. The second-order valence-electron chi connectivity index (χ2n) is 6.05. The van der Waals surface area contributed by atoms with E-state index in [4.69, 9.17) is 16.3 Å². The monoisotopic (exact) mass is 388 g/mol. The maximum absolute atomic E-state index is 12.5. The Morgan fingerprint density at radius 2 is 2.00 bits per heavy atom. The molecule has 0 atom stereocenters. The van der Waals surface area contributed by atoms with Gasteiger partial charge in [-0.05, 0) is 37.5 Å². The first-order valence-corrected chi connectivity index (χ1v) is 10.5. The van der Waals surface area contributed by atoms with Crippen LogP contribution in [0.1, 0.15) is 39.0 Å². The van der Waals surface area contributed by atoms with Crippen molar-refractivity contribution in [1.29, 1.82) is 0 Å². The molecule has 1 aromatic carbocycles. The molecular weight excluding hydrogens is 364 g/mol. The molecule has 0 radical (unpaired) electrons. The molecular formula is C17H25ClN2O4S. The average molecular weight is 389 g/mol. The SMILES string of the molecule is CCCCCNC(=O)COc1ccc(S(=O)(=O)N2CCCC2)cc1Cl. The van der Waals surface area contributed by atoms with E-state index < -0.39 is 10.0 Å². The van der Waals surface area contributed by atoms with Crippen LogP contribution in [0.2, 0.25) is 5.02 Å². The van der Waals surface area contributed by atoms with E-state index in [0.717, 1.165) is 32.1 Å². The van der Waals surface area contributed by atoms with E-state index in [2.05, 4.69) is 12.2 Å². The minimum absolute atomic E-state index is 0.149. The largest absolute Gasteiger partial charge is 0.482 e. The van der Waals surface area contributed by atoms with Gasteiger partial charge >= 0.3 is 0 Å². The van der Waals surface area contributed by atoms with Crippen molar-refractivity contribution in [1.82, 2.24) is 9.62 Å². The third-order valence-corrected chi connectivity index (χ3v) is 6.26. The molecule has 140 valence electrons. The first-order chi connectivity index (χ1) is 11.9. The molecule has 1 aliphatic rings. The Morgan fingerprint density at radius 3 is 2.64 bits per heavy atom. The lowest BCUT2D eigenvalue weighted by Gasteiger charge is -2.16. The van der Waals surface area contributed by atoms with E-state index >= 15 is 0 Å². The summed E-state index contributed by atoms with van der Waals surface area (Å²) >= 11 is 6.13. The smallest absolute Gasteiger partial charge is 0.257 e. The minimum Gasteiger partial charge on any atom is -0.482 e. The molecule has 1 fully saturated rings. The fraction of sp³-hybridized carbons (Fsp3) is 0.588. The van der Waals surface area contributed by atoms with Gasteiger partial charge in [0.2, 0.25) is 10.0 Å². The number of unbranched alkanes of at least 4 members (excludes halogenated alkanes) is 2. The summed E-state index contributed by atoms with van der Waals surface area (Å²) in [6, 6.07) is 4.34. The predicted molar refractivity (Wildman–Crippen MR) is 97.5 cm³/mol. The van der Waals surface area contributed by atoms with Crippen LogP contribution in [0.4, 0.5) is 0 Å². The molecule has 6 nitrogen and oxygen atoms in total. The number of carbonyl (C=O) groups is 1. The van der Waals surface area contributed by atoms with Gasteiger partial charge in [0.05, 0.1) is 9.92 Å². The number of sulfonamides is 1. The van der Waals surface area contributed by atoms with Gasteiger partial charge in [-0.25, -0.2) is 8.42 Å². The Labute approximate surface area is 154 Å². The molecule has 0 aromatic heterocycles. The zero-order chi connectivity index (χ0) is 18.3. The molecule has 1 saturated heterocycles. The number of rotatable bonds is 9.